The molecule has 0 aliphatic heterocycles. The van der Waals surface area contributed by atoms with Gasteiger partial charge in [-0.15, -0.1) is 0 Å². The van der Waals surface area contributed by atoms with Crippen LogP contribution in [0.3, 0.4) is 0 Å². The van der Waals surface area contributed by atoms with Crippen LogP contribution in [0.5, 0.6) is 0 Å². The average Bonchev–Trinajstić information content (AvgIpc) is 2.71. The third-order valence-electron chi connectivity index (χ3n) is 1.98. The number of rotatable bonds is 3. The molecule has 0 aromatic carbocycles. The van der Waals surface area contributed by atoms with Crippen molar-refractivity contribution >= 4 is 0 Å². The van der Waals surface area contributed by atoms with E-state index in [0.29, 0.717) is 5.76 Å². The van der Waals surface area contributed by atoms with Crippen LogP contribution < -0.4 is 0 Å². The SMILES string of the molecule is CC([O])(Cc1cnoc1)c1ccno1. The Balaban J connectivity index is 2.17. The van der Waals surface area contributed by atoms with Crippen molar-refractivity contribution in [1.29, 1.82) is 0 Å². The van der Waals surface area contributed by atoms with E-state index in [1.807, 2.05) is 0 Å². The van der Waals surface area contributed by atoms with Gasteiger partial charge in [0.15, 0.2) is 11.4 Å². The number of hydrogen-bond acceptors (Lipinski definition) is 4. The van der Waals surface area contributed by atoms with Gasteiger partial charge >= 0.3 is 0 Å². The van der Waals surface area contributed by atoms with Crippen molar-refractivity contribution in [2.24, 2.45) is 0 Å². The molecule has 2 aromatic rings. The summed E-state index contributed by atoms with van der Waals surface area (Å²) in [5, 5.41) is 19.1. The van der Waals surface area contributed by atoms with Crippen molar-refractivity contribution in [3.05, 3.63) is 36.0 Å². The summed E-state index contributed by atoms with van der Waals surface area (Å²) in [6.07, 6.45) is 4.70. The highest BCUT2D eigenvalue weighted by molar-refractivity contribution is 5.12. The van der Waals surface area contributed by atoms with Gasteiger partial charge in [0.1, 0.15) is 6.26 Å². The van der Waals surface area contributed by atoms with E-state index in [-0.39, 0.29) is 6.42 Å². The molecule has 2 aromatic heterocycles. The second-order valence-electron chi connectivity index (χ2n) is 3.32. The summed E-state index contributed by atoms with van der Waals surface area (Å²) >= 11 is 0. The fraction of sp³-hybridized carbons (Fsp3) is 0.333. The number of hydrogen-bond donors (Lipinski definition) is 0. The Morgan fingerprint density at radius 3 is 2.93 bits per heavy atom. The second kappa shape index (κ2) is 3.26. The van der Waals surface area contributed by atoms with Crippen molar-refractivity contribution in [2.75, 3.05) is 0 Å². The largest absolute Gasteiger partial charge is 0.364 e. The molecule has 2 rings (SSSR count). The zero-order valence-electron chi connectivity index (χ0n) is 7.64. The molecule has 0 saturated carbocycles. The van der Waals surface area contributed by atoms with Crippen molar-refractivity contribution in [1.82, 2.24) is 10.3 Å². The molecule has 1 radical (unpaired) electrons. The summed E-state index contributed by atoms with van der Waals surface area (Å²) in [6.45, 7) is 1.54. The quantitative estimate of drug-likeness (QED) is 0.741. The summed E-state index contributed by atoms with van der Waals surface area (Å²) in [4.78, 5) is 0. The Kier molecular flexibility index (Phi) is 2.09. The monoisotopic (exact) mass is 193 g/mol. The van der Waals surface area contributed by atoms with Crippen LogP contribution >= 0.6 is 0 Å². The molecule has 73 valence electrons. The molecule has 2 heterocycles. The van der Waals surface area contributed by atoms with E-state index in [4.69, 9.17) is 4.52 Å². The van der Waals surface area contributed by atoms with Crippen LogP contribution in [-0.2, 0) is 17.1 Å². The Hall–Kier alpha value is -1.62. The lowest BCUT2D eigenvalue weighted by atomic mass is 9.96. The first kappa shape index (κ1) is 8.96. The van der Waals surface area contributed by atoms with E-state index in [1.165, 1.54) is 18.7 Å². The zero-order chi connectivity index (χ0) is 10.0. The Bertz CT molecular complexity index is 378. The van der Waals surface area contributed by atoms with Crippen molar-refractivity contribution in [3.8, 4) is 0 Å². The molecule has 0 amide bonds. The maximum absolute atomic E-state index is 12.0. The maximum atomic E-state index is 12.0. The van der Waals surface area contributed by atoms with Gasteiger partial charge in [0.2, 0.25) is 0 Å². The first-order valence-corrected chi connectivity index (χ1v) is 4.18. The molecule has 0 saturated heterocycles. The van der Waals surface area contributed by atoms with E-state index >= 15 is 0 Å². The molecule has 0 aliphatic rings. The van der Waals surface area contributed by atoms with Crippen LogP contribution in [0.2, 0.25) is 0 Å². The van der Waals surface area contributed by atoms with E-state index < -0.39 is 5.60 Å². The van der Waals surface area contributed by atoms with Crippen LogP contribution in [0.1, 0.15) is 18.2 Å². The second-order valence-corrected chi connectivity index (χ2v) is 3.32. The lowest BCUT2D eigenvalue weighted by Gasteiger charge is -2.14. The normalized spacial score (nSPS) is 15.3. The van der Waals surface area contributed by atoms with Gasteiger partial charge in [0.05, 0.1) is 12.4 Å². The summed E-state index contributed by atoms with van der Waals surface area (Å²) in [5.41, 5.74) is -0.582. The maximum Gasteiger partial charge on any atom is 0.171 e. The van der Waals surface area contributed by atoms with Gasteiger partial charge in [-0.3, -0.25) is 0 Å². The van der Waals surface area contributed by atoms with Crippen LogP contribution in [0.4, 0.5) is 0 Å². The lowest BCUT2D eigenvalue weighted by molar-refractivity contribution is -0.0392. The molecule has 0 N–H and O–H groups in total. The smallest absolute Gasteiger partial charge is 0.171 e. The van der Waals surface area contributed by atoms with Gasteiger partial charge in [-0.05, 0) is 6.92 Å². The van der Waals surface area contributed by atoms with E-state index in [2.05, 4.69) is 14.8 Å². The van der Waals surface area contributed by atoms with Gasteiger partial charge in [-0.2, -0.15) is 0 Å². The van der Waals surface area contributed by atoms with Crippen LogP contribution in [-0.4, -0.2) is 10.3 Å². The molecule has 1 atom stereocenters. The van der Waals surface area contributed by atoms with Crippen LogP contribution in [0, 0.1) is 0 Å². The minimum absolute atomic E-state index is 0.270. The third kappa shape index (κ3) is 1.67. The van der Waals surface area contributed by atoms with Gasteiger partial charge in [0, 0.05) is 18.1 Å². The molecular weight excluding hydrogens is 184 g/mol. The molecule has 14 heavy (non-hydrogen) atoms. The highest BCUT2D eigenvalue weighted by atomic mass is 16.5. The van der Waals surface area contributed by atoms with E-state index in [9.17, 15) is 5.11 Å². The lowest BCUT2D eigenvalue weighted by Crippen LogP contribution is -2.21. The van der Waals surface area contributed by atoms with Crippen molar-refractivity contribution in [2.45, 2.75) is 18.9 Å². The Morgan fingerprint density at radius 1 is 1.50 bits per heavy atom. The molecule has 0 fully saturated rings. The van der Waals surface area contributed by atoms with Crippen molar-refractivity contribution < 1.29 is 14.2 Å². The molecule has 0 bridgehead atoms. The average molecular weight is 193 g/mol. The fourth-order valence-corrected chi connectivity index (χ4v) is 1.28. The van der Waals surface area contributed by atoms with Gasteiger partial charge in [-0.1, -0.05) is 10.3 Å². The van der Waals surface area contributed by atoms with Crippen molar-refractivity contribution in [3.63, 3.8) is 0 Å². The minimum atomic E-state index is -1.33. The summed E-state index contributed by atoms with van der Waals surface area (Å²) in [5.74, 6) is 0.318. The first-order valence-electron chi connectivity index (χ1n) is 4.18. The van der Waals surface area contributed by atoms with Crippen LogP contribution in [0.15, 0.2) is 33.8 Å². The van der Waals surface area contributed by atoms with Gasteiger partial charge in [-0.25, -0.2) is 5.11 Å². The highest BCUT2D eigenvalue weighted by Crippen LogP contribution is 2.25. The number of nitrogens with zero attached hydrogens (tertiary/aromatic N) is 2. The van der Waals surface area contributed by atoms with Crippen LogP contribution in [0.25, 0.3) is 0 Å². The fourth-order valence-electron chi connectivity index (χ4n) is 1.28. The topological polar surface area (TPSA) is 72.0 Å². The summed E-state index contributed by atoms with van der Waals surface area (Å²) < 4.78 is 9.48. The highest BCUT2D eigenvalue weighted by Gasteiger charge is 2.30. The molecular formula is C9H9N2O3. The summed E-state index contributed by atoms with van der Waals surface area (Å²) in [7, 11) is 0. The van der Waals surface area contributed by atoms with Gasteiger partial charge in [0.25, 0.3) is 0 Å². The predicted molar refractivity (Wildman–Crippen MR) is 44.7 cm³/mol. The minimum Gasteiger partial charge on any atom is -0.364 e. The van der Waals surface area contributed by atoms with E-state index in [0.717, 1.165) is 5.56 Å². The summed E-state index contributed by atoms with van der Waals surface area (Å²) in [6, 6.07) is 1.57. The Morgan fingerprint density at radius 2 is 2.36 bits per heavy atom. The molecule has 5 nitrogen and oxygen atoms in total. The predicted octanol–water partition coefficient (Wildman–Crippen LogP) is 1.55. The standard InChI is InChI=1S/C9H9N2O3/c1-9(12,8-2-3-10-14-8)4-7-5-11-13-6-7/h2-3,5-6H,4H2,1H3. The molecule has 1 unspecified atom stereocenters. The van der Waals surface area contributed by atoms with Gasteiger partial charge < -0.3 is 9.05 Å². The molecule has 0 spiro atoms. The zero-order valence-corrected chi connectivity index (χ0v) is 7.64. The third-order valence-corrected chi connectivity index (χ3v) is 1.98. The van der Waals surface area contributed by atoms with E-state index in [1.54, 1.807) is 13.0 Å². The Labute approximate surface area is 80.3 Å². The number of aromatic nitrogens is 2. The first-order chi connectivity index (χ1) is 6.68. The molecule has 5 heteroatoms. The molecule has 0 aliphatic carbocycles.